The van der Waals surface area contributed by atoms with E-state index in [4.69, 9.17) is 5.73 Å². The van der Waals surface area contributed by atoms with Crippen LogP contribution in [-0.4, -0.2) is 27.0 Å². The van der Waals surface area contributed by atoms with Crippen LogP contribution in [0.5, 0.6) is 0 Å². The second-order valence-electron chi connectivity index (χ2n) is 4.71. The molecule has 5 heteroatoms. The van der Waals surface area contributed by atoms with Crippen molar-refractivity contribution in [1.29, 1.82) is 0 Å². The van der Waals surface area contributed by atoms with Crippen molar-refractivity contribution in [3.05, 3.63) is 47.7 Å². The van der Waals surface area contributed by atoms with Crippen molar-refractivity contribution >= 4 is 11.7 Å². The number of amides is 1. The Morgan fingerprint density at radius 1 is 1.37 bits per heavy atom. The lowest BCUT2D eigenvalue weighted by atomic mass is 10.1. The van der Waals surface area contributed by atoms with Gasteiger partial charge in [0.15, 0.2) is 0 Å². The average molecular weight is 258 g/mol. The van der Waals surface area contributed by atoms with E-state index >= 15 is 0 Å². The van der Waals surface area contributed by atoms with Crippen LogP contribution < -0.4 is 5.73 Å². The van der Waals surface area contributed by atoms with E-state index in [9.17, 15) is 4.79 Å². The third kappa shape index (κ3) is 2.93. The number of carbonyl (C=O) groups excluding carboxylic acids is 1. The molecule has 0 saturated carbocycles. The number of hydrogen-bond acceptors (Lipinski definition) is 3. The van der Waals surface area contributed by atoms with Crippen molar-refractivity contribution < 1.29 is 4.79 Å². The van der Waals surface area contributed by atoms with Crippen LogP contribution >= 0.6 is 0 Å². The zero-order valence-electron chi connectivity index (χ0n) is 11.1. The van der Waals surface area contributed by atoms with E-state index in [1.165, 1.54) is 6.20 Å². The number of aromatic amines is 1. The van der Waals surface area contributed by atoms with Crippen molar-refractivity contribution in [1.82, 2.24) is 15.1 Å². The highest BCUT2D eigenvalue weighted by atomic mass is 16.2. The highest BCUT2D eigenvalue weighted by Crippen LogP contribution is 2.15. The maximum Gasteiger partial charge on any atom is 0.259 e. The molecule has 0 fully saturated rings. The summed E-state index contributed by atoms with van der Waals surface area (Å²) in [4.78, 5) is 14.2. The standard InChI is InChI=1S/C14H18N4O/c1-10(2)18(9-11-6-4-3-5-7-11)14(19)12-8-16-17-13(12)15/h3-8,10H,9H2,1-2H3,(H3,15,16,17). The van der Waals surface area contributed by atoms with E-state index in [1.807, 2.05) is 44.2 Å². The molecule has 0 bridgehead atoms. The van der Waals surface area contributed by atoms with Gasteiger partial charge in [0.2, 0.25) is 0 Å². The summed E-state index contributed by atoms with van der Waals surface area (Å²) in [6.07, 6.45) is 1.47. The van der Waals surface area contributed by atoms with Gasteiger partial charge in [-0.3, -0.25) is 9.89 Å². The number of H-pyrrole nitrogens is 1. The summed E-state index contributed by atoms with van der Waals surface area (Å²) in [5.74, 6) is 0.203. The number of nitrogens with zero attached hydrogens (tertiary/aromatic N) is 2. The fourth-order valence-electron chi connectivity index (χ4n) is 1.89. The molecule has 1 aromatic carbocycles. The fraction of sp³-hybridized carbons (Fsp3) is 0.286. The molecule has 0 atom stereocenters. The van der Waals surface area contributed by atoms with E-state index < -0.39 is 0 Å². The first kappa shape index (κ1) is 13.1. The molecule has 0 saturated heterocycles. The van der Waals surface area contributed by atoms with Gasteiger partial charge in [-0.2, -0.15) is 5.10 Å². The zero-order chi connectivity index (χ0) is 13.8. The monoisotopic (exact) mass is 258 g/mol. The predicted octanol–water partition coefficient (Wildman–Crippen LogP) is 2.04. The Balaban J connectivity index is 2.22. The molecule has 0 radical (unpaired) electrons. The lowest BCUT2D eigenvalue weighted by Gasteiger charge is -2.26. The van der Waals surface area contributed by atoms with Crippen molar-refractivity contribution in [2.45, 2.75) is 26.4 Å². The SMILES string of the molecule is CC(C)N(Cc1ccccc1)C(=O)c1cn[nH]c1N. The third-order valence-corrected chi connectivity index (χ3v) is 2.98. The Labute approximate surface area is 112 Å². The van der Waals surface area contributed by atoms with E-state index in [1.54, 1.807) is 4.90 Å². The van der Waals surface area contributed by atoms with E-state index in [0.717, 1.165) is 5.56 Å². The normalized spacial score (nSPS) is 10.7. The number of hydrogen-bond donors (Lipinski definition) is 2. The van der Waals surface area contributed by atoms with Crippen molar-refractivity contribution in [3.63, 3.8) is 0 Å². The molecule has 5 nitrogen and oxygen atoms in total. The number of rotatable bonds is 4. The molecule has 100 valence electrons. The molecule has 0 aliphatic carbocycles. The minimum Gasteiger partial charge on any atom is -0.383 e. The Hall–Kier alpha value is -2.30. The Morgan fingerprint density at radius 3 is 2.58 bits per heavy atom. The van der Waals surface area contributed by atoms with Crippen LogP contribution in [0.15, 0.2) is 36.5 Å². The first-order chi connectivity index (χ1) is 9.09. The molecule has 3 N–H and O–H groups in total. The molecule has 1 heterocycles. The maximum atomic E-state index is 12.5. The molecule has 1 amide bonds. The predicted molar refractivity (Wildman–Crippen MR) is 74.5 cm³/mol. The second-order valence-corrected chi connectivity index (χ2v) is 4.71. The fourth-order valence-corrected chi connectivity index (χ4v) is 1.89. The Morgan fingerprint density at radius 2 is 2.05 bits per heavy atom. The summed E-state index contributed by atoms with van der Waals surface area (Å²) in [7, 11) is 0. The number of benzene rings is 1. The third-order valence-electron chi connectivity index (χ3n) is 2.98. The minimum absolute atomic E-state index is 0.0852. The Bertz CT molecular complexity index is 548. The van der Waals surface area contributed by atoms with Crippen LogP contribution in [0, 0.1) is 0 Å². The van der Waals surface area contributed by atoms with Crippen LogP contribution in [-0.2, 0) is 6.54 Å². The molecule has 1 aromatic heterocycles. The highest BCUT2D eigenvalue weighted by molar-refractivity contribution is 5.98. The Kier molecular flexibility index (Phi) is 3.85. The summed E-state index contributed by atoms with van der Waals surface area (Å²) in [5.41, 5.74) is 7.22. The summed E-state index contributed by atoms with van der Waals surface area (Å²) < 4.78 is 0. The van der Waals surface area contributed by atoms with E-state index in [0.29, 0.717) is 17.9 Å². The summed E-state index contributed by atoms with van der Waals surface area (Å²) in [6.45, 7) is 4.52. The van der Waals surface area contributed by atoms with Gasteiger partial charge in [0.1, 0.15) is 11.4 Å². The first-order valence-electron chi connectivity index (χ1n) is 6.23. The van der Waals surface area contributed by atoms with Crippen LogP contribution in [0.4, 0.5) is 5.82 Å². The number of nitrogen functional groups attached to an aromatic ring is 1. The number of aromatic nitrogens is 2. The quantitative estimate of drug-likeness (QED) is 0.881. The maximum absolute atomic E-state index is 12.5. The topological polar surface area (TPSA) is 75.0 Å². The van der Waals surface area contributed by atoms with Gasteiger partial charge in [0, 0.05) is 12.6 Å². The smallest absolute Gasteiger partial charge is 0.259 e. The van der Waals surface area contributed by atoms with Gasteiger partial charge in [0.05, 0.1) is 6.20 Å². The van der Waals surface area contributed by atoms with Gasteiger partial charge in [-0.25, -0.2) is 0 Å². The van der Waals surface area contributed by atoms with Crippen molar-refractivity contribution in [3.8, 4) is 0 Å². The van der Waals surface area contributed by atoms with Crippen LogP contribution in [0.25, 0.3) is 0 Å². The molecule has 0 spiro atoms. The molecule has 19 heavy (non-hydrogen) atoms. The molecular weight excluding hydrogens is 240 g/mol. The van der Waals surface area contributed by atoms with Gasteiger partial charge in [-0.15, -0.1) is 0 Å². The van der Waals surface area contributed by atoms with E-state index in [-0.39, 0.29) is 11.9 Å². The molecule has 0 unspecified atom stereocenters. The summed E-state index contributed by atoms with van der Waals surface area (Å²) in [5, 5.41) is 6.38. The van der Waals surface area contributed by atoms with Crippen LogP contribution in [0.2, 0.25) is 0 Å². The number of carbonyl (C=O) groups is 1. The molecule has 2 aromatic rings. The largest absolute Gasteiger partial charge is 0.383 e. The van der Waals surface area contributed by atoms with Gasteiger partial charge in [-0.1, -0.05) is 30.3 Å². The van der Waals surface area contributed by atoms with Gasteiger partial charge in [0.25, 0.3) is 5.91 Å². The lowest BCUT2D eigenvalue weighted by molar-refractivity contribution is 0.0691. The van der Waals surface area contributed by atoms with Gasteiger partial charge < -0.3 is 10.6 Å². The van der Waals surface area contributed by atoms with Crippen LogP contribution in [0.3, 0.4) is 0 Å². The summed E-state index contributed by atoms with van der Waals surface area (Å²) in [6, 6.07) is 9.97. The second kappa shape index (κ2) is 5.56. The molecule has 0 aliphatic rings. The van der Waals surface area contributed by atoms with Crippen molar-refractivity contribution in [2.75, 3.05) is 5.73 Å². The molecular formula is C14H18N4O. The van der Waals surface area contributed by atoms with Gasteiger partial charge >= 0.3 is 0 Å². The number of nitrogens with one attached hydrogen (secondary N) is 1. The summed E-state index contributed by atoms with van der Waals surface area (Å²) >= 11 is 0. The zero-order valence-corrected chi connectivity index (χ0v) is 11.1. The highest BCUT2D eigenvalue weighted by Gasteiger charge is 2.22. The first-order valence-corrected chi connectivity index (χ1v) is 6.23. The average Bonchev–Trinajstić information content (AvgIpc) is 2.82. The number of nitrogens with two attached hydrogens (primary N) is 1. The number of anilines is 1. The minimum atomic E-state index is -0.106. The molecule has 2 rings (SSSR count). The molecule has 0 aliphatic heterocycles. The van der Waals surface area contributed by atoms with Crippen molar-refractivity contribution in [2.24, 2.45) is 0 Å². The lowest BCUT2D eigenvalue weighted by Crippen LogP contribution is -2.36. The van der Waals surface area contributed by atoms with E-state index in [2.05, 4.69) is 10.2 Å². The van der Waals surface area contributed by atoms with Gasteiger partial charge in [-0.05, 0) is 19.4 Å². The van der Waals surface area contributed by atoms with Crippen LogP contribution in [0.1, 0.15) is 29.8 Å².